The van der Waals surface area contributed by atoms with Crippen molar-refractivity contribution in [2.24, 2.45) is 0 Å². The Hall–Kier alpha value is -1.30. The summed E-state index contributed by atoms with van der Waals surface area (Å²) in [5.74, 6) is 0.884. The summed E-state index contributed by atoms with van der Waals surface area (Å²) in [6.07, 6.45) is -0.709. The molecule has 0 atom stereocenters. The lowest BCUT2D eigenvalue weighted by atomic mass is 10.3. The average molecular weight is 242 g/mol. The summed E-state index contributed by atoms with van der Waals surface area (Å²) in [6.45, 7) is 4.59. The number of halogens is 2. The first kappa shape index (κ1) is 12.2. The Morgan fingerprint density at radius 2 is 1.94 bits per heavy atom. The number of piperazine rings is 1. The predicted octanol–water partition coefficient (Wildman–Crippen LogP) is 1.17. The van der Waals surface area contributed by atoms with Crippen LogP contribution in [0, 0.1) is 6.92 Å². The Bertz CT molecular complexity index is 364. The zero-order chi connectivity index (χ0) is 12.3. The lowest BCUT2D eigenvalue weighted by Gasteiger charge is -2.35. The molecular formula is C11H16F2N4. The first-order valence-corrected chi connectivity index (χ1v) is 5.69. The van der Waals surface area contributed by atoms with E-state index in [1.807, 2.05) is 13.0 Å². The second-order valence-corrected chi connectivity index (χ2v) is 4.20. The van der Waals surface area contributed by atoms with Gasteiger partial charge in [-0.25, -0.2) is 18.7 Å². The molecule has 17 heavy (non-hydrogen) atoms. The van der Waals surface area contributed by atoms with Crippen molar-refractivity contribution in [2.75, 3.05) is 37.6 Å². The van der Waals surface area contributed by atoms with Gasteiger partial charge in [-0.2, -0.15) is 0 Å². The van der Waals surface area contributed by atoms with Gasteiger partial charge in [0.25, 0.3) is 6.43 Å². The van der Waals surface area contributed by atoms with Crippen LogP contribution in [-0.4, -0.2) is 54.0 Å². The van der Waals surface area contributed by atoms with Gasteiger partial charge in [-0.15, -0.1) is 0 Å². The van der Waals surface area contributed by atoms with Crippen LogP contribution in [0.1, 0.15) is 5.69 Å². The van der Waals surface area contributed by atoms with E-state index >= 15 is 0 Å². The van der Waals surface area contributed by atoms with Crippen LogP contribution < -0.4 is 4.90 Å². The van der Waals surface area contributed by atoms with E-state index in [1.165, 1.54) is 6.33 Å². The number of hydrogen-bond acceptors (Lipinski definition) is 4. The van der Waals surface area contributed by atoms with Crippen molar-refractivity contribution in [3.63, 3.8) is 0 Å². The van der Waals surface area contributed by atoms with Gasteiger partial charge >= 0.3 is 0 Å². The smallest absolute Gasteiger partial charge is 0.251 e. The Morgan fingerprint density at radius 1 is 1.24 bits per heavy atom. The van der Waals surface area contributed by atoms with E-state index in [-0.39, 0.29) is 6.54 Å². The molecule has 94 valence electrons. The fourth-order valence-corrected chi connectivity index (χ4v) is 1.97. The van der Waals surface area contributed by atoms with E-state index in [0.717, 1.165) is 24.6 Å². The van der Waals surface area contributed by atoms with Crippen LogP contribution in [-0.2, 0) is 0 Å². The SMILES string of the molecule is Cc1cc(N2CCN(CC(F)F)CC2)ncn1. The molecule has 0 unspecified atom stereocenters. The van der Waals surface area contributed by atoms with Crippen LogP contribution >= 0.6 is 0 Å². The number of anilines is 1. The van der Waals surface area contributed by atoms with Gasteiger partial charge in [0, 0.05) is 37.9 Å². The summed E-state index contributed by atoms with van der Waals surface area (Å²) in [6, 6.07) is 1.92. The first-order chi connectivity index (χ1) is 8.15. The van der Waals surface area contributed by atoms with Crippen molar-refractivity contribution in [1.82, 2.24) is 14.9 Å². The van der Waals surface area contributed by atoms with Crippen LogP contribution in [0.5, 0.6) is 0 Å². The van der Waals surface area contributed by atoms with E-state index < -0.39 is 6.43 Å². The topological polar surface area (TPSA) is 32.3 Å². The molecule has 0 N–H and O–H groups in total. The van der Waals surface area contributed by atoms with Crippen LogP contribution in [0.3, 0.4) is 0 Å². The van der Waals surface area contributed by atoms with Gasteiger partial charge in [-0.05, 0) is 6.92 Å². The van der Waals surface area contributed by atoms with Gasteiger partial charge in [0.1, 0.15) is 12.1 Å². The van der Waals surface area contributed by atoms with Crippen LogP contribution in [0.4, 0.5) is 14.6 Å². The zero-order valence-electron chi connectivity index (χ0n) is 9.81. The zero-order valence-corrected chi connectivity index (χ0v) is 9.81. The molecule has 1 aromatic rings. The van der Waals surface area contributed by atoms with E-state index in [9.17, 15) is 8.78 Å². The van der Waals surface area contributed by atoms with Gasteiger partial charge < -0.3 is 4.90 Å². The van der Waals surface area contributed by atoms with Crippen molar-refractivity contribution in [2.45, 2.75) is 13.3 Å². The number of alkyl halides is 2. The molecule has 6 heteroatoms. The van der Waals surface area contributed by atoms with Gasteiger partial charge in [0.05, 0.1) is 6.54 Å². The lowest BCUT2D eigenvalue weighted by molar-refractivity contribution is 0.0853. The molecular weight excluding hydrogens is 226 g/mol. The van der Waals surface area contributed by atoms with E-state index in [2.05, 4.69) is 14.9 Å². The molecule has 1 fully saturated rings. The molecule has 4 nitrogen and oxygen atoms in total. The van der Waals surface area contributed by atoms with Crippen molar-refractivity contribution < 1.29 is 8.78 Å². The molecule has 0 radical (unpaired) electrons. The third kappa shape index (κ3) is 3.33. The fraction of sp³-hybridized carbons (Fsp3) is 0.636. The highest BCUT2D eigenvalue weighted by Gasteiger charge is 2.20. The standard InChI is InChI=1S/C11H16F2N4/c1-9-6-11(15-8-14-9)17-4-2-16(3-5-17)7-10(12)13/h6,8,10H,2-5,7H2,1H3. The molecule has 2 heterocycles. The highest BCUT2D eigenvalue weighted by molar-refractivity contribution is 5.39. The molecule has 0 amide bonds. The molecule has 0 spiro atoms. The Balaban J connectivity index is 1.91. The normalized spacial score (nSPS) is 17.8. The number of aryl methyl sites for hydroxylation is 1. The Morgan fingerprint density at radius 3 is 2.53 bits per heavy atom. The minimum absolute atomic E-state index is 0.128. The minimum Gasteiger partial charge on any atom is -0.354 e. The summed E-state index contributed by atoms with van der Waals surface area (Å²) < 4.78 is 24.4. The summed E-state index contributed by atoms with van der Waals surface area (Å²) in [4.78, 5) is 12.1. The minimum atomic E-state index is -2.25. The quantitative estimate of drug-likeness (QED) is 0.796. The van der Waals surface area contributed by atoms with E-state index in [0.29, 0.717) is 13.1 Å². The average Bonchev–Trinajstić information content (AvgIpc) is 2.29. The largest absolute Gasteiger partial charge is 0.354 e. The van der Waals surface area contributed by atoms with E-state index in [1.54, 1.807) is 4.90 Å². The maximum absolute atomic E-state index is 12.2. The fourth-order valence-electron chi connectivity index (χ4n) is 1.97. The second-order valence-electron chi connectivity index (χ2n) is 4.20. The predicted molar refractivity (Wildman–Crippen MR) is 61.4 cm³/mol. The number of hydrogen-bond donors (Lipinski definition) is 0. The molecule has 1 aromatic heterocycles. The van der Waals surface area contributed by atoms with Crippen LogP contribution in [0.2, 0.25) is 0 Å². The molecule has 2 rings (SSSR count). The summed E-state index contributed by atoms with van der Waals surface area (Å²) in [5.41, 5.74) is 0.921. The van der Waals surface area contributed by atoms with Gasteiger partial charge in [-0.3, -0.25) is 4.90 Å². The highest BCUT2D eigenvalue weighted by Crippen LogP contribution is 2.13. The monoisotopic (exact) mass is 242 g/mol. The molecule has 1 saturated heterocycles. The van der Waals surface area contributed by atoms with Gasteiger partial charge in [0.2, 0.25) is 0 Å². The summed E-state index contributed by atoms with van der Waals surface area (Å²) in [5, 5.41) is 0. The first-order valence-electron chi connectivity index (χ1n) is 5.69. The highest BCUT2D eigenvalue weighted by atomic mass is 19.3. The van der Waals surface area contributed by atoms with Crippen molar-refractivity contribution in [1.29, 1.82) is 0 Å². The Kier molecular flexibility index (Phi) is 3.83. The molecule has 0 bridgehead atoms. The van der Waals surface area contributed by atoms with Crippen LogP contribution in [0.15, 0.2) is 12.4 Å². The summed E-state index contributed by atoms with van der Waals surface area (Å²) in [7, 11) is 0. The number of nitrogens with zero attached hydrogens (tertiary/aromatic N) is 4. The van der Waals surface area contributed by atoms with Crippen molar-refractivity contribution in [3.05, 3.63) is 18.1 Å². The second kappa shape index (κ2) is 5.35. The Labute approximate surface area is 99.3 Å². The number of aromatic nitrogens is 2. The van der Waals surface area contributed by atoms with Crippen LogP contribution in [0.25, 0.3) is 0 Å². The maximum atomic E-state index is 12.2. The molecule has 0 aliphatic carbocycles. The summed E-state index contributed by atoms with van der Waals surface area (Å²) >= 11 is 0. The van der Waals surface area contributed by atoms with Crippen molar-refractivity contribution in [3.8, 4) is 0 Å². The number of rotatable bonds is 3. The maximum Gasteiger partial charge on any atom is 0.251 e. The van der Waals surface area contributed by atoms with Crippen molar-refractivity contribution >= 4 is 5.82 Å². The third-order valence-corrected chi connectivity index (χ3v) is 2.88. The third-order valence-electron chi connectivity index (χ3n) is 2.88. The molecule has 1 aliphatic heterocycles. The molecule has 0 aromatic carbocycles. The van der Waals surface area contributed by atoms with Gasteiger partial charge in [0.15, 0.2) is 0 Å². The lowest BCUT2D eigenvalue weighted by Crippen LogP contribution is -2.48. The molecule has 1 aliphatic rings. The van der Waals surface area contributed by atoms with Gasteiger partial charge in [-0.1, -0.05) is 0 Å². The van der Waals surface area contributed by atoms with E-state index in [4.69, 9.17) is 0 Å². The molecule has 0 saturated carbocycles.